The van der Waals surface area contributed by atoms with Gasteiger partial charge in [-0.25, -0.2) is 0 Å². The highest BCUT2D eigenvalue weighted by Gasteiger charge is 2.30. The molecule has 0 saturated heterocycles. The van der Waals surface area contributed by atoms with E-state index in [1.165, 1.54) is 23.5 Å². The summed E-state index contributed by atoms with van der Waals surface area (Å²) in [5.41, 5.74) is 4.55. The van der Waals surface area contributed by atoms with E-state index in [0.717, 1.165) is 28.3 Å². The molecular weight excluding hydrogens is 363 g/mol. The van der Waals surface area contributed by atoms with Gasteiger partial charge in [-0.2, -0.15) is 13.2 Å². The predicted molar refractivity (Wildman–Crippen MR) is 96.1 cm³/mol. The van der Waals surface area contributed by atoms with Crippen molar-refractivity contribution in [1.29, 1.82) is 0 Å². The number of ether oxygens (including phenoxy) is 1. The molecule has 1 aromatic heterocycles. The molecule has 0 fully saturated rings. The lowest BCUT2D eigenvalue weighted by molar-refractivity contribution is -0.137. The van der Waals surface area contributed by atoms with Gasteiger partial charge >= 0.3 is 6.18 Å². The van der Waals surface area contributed by atoms with Crippen molar-refractivity contribution in [3.63, 3.8) is 0 Å². The maximum Gasteiger partial charge on any atom is 0.416 e. The maximum absolute atomic E-state index is 12.6. The Hall–Kier alpha value is -2.01. The van der Waals surface area contributed by atoms with Crippen LogP contribution in [0.5, 0.6) is 5.75 Å². The second-order valence-corrected chi connectivity index (χ2v) is 7.36. The second kappa shape index (κ2) is 8.58. The molecule has 3 N–H and O–H groups in total. The highest BCUT2D eigenvalue weighted by molar-refractivity contribution is 7.12. The van der Waals surface area contributed by atoms with Gasteiger partial charge in [0.25, 0.3) is 0 Å². The minimum atomic E-state index is -4.39. The first kappa shape index (κ1) is 20.3. The molecule has 0 spiro atoms. The molecule has 2 aromatic rings. The summed E-state index contributed by atoms with van der Waals surface area (Å²) in [5, 5.41) is 9.16. The Morgan fingerprint density at radius 2 is 2.00 bits per heavy atom. The third-order valence-corrected chi connectivity index (χ3v) is 4.71. The maximum atomic E-state index is 12.6. The van der Waals surface area contributed by atoms with Crippen molar-refractivity contribution in [2.24, 2.45) is 5.73 Å². The van der Waals surface area contributed by atoms with Crippen LogP contribution in [0.25, 0.3) is 0 Å². The van der Waals surface area contributed by atoms with E-state index in [9.17, 15) is 13.2 Å². The van der Waals surface area contributed by atoms with Crippen molar-refractivity contribution in [1.82, 2.24) is 0 Å². The smallest absolute Gasteiger partial charge is 0.416 e. The average Bonchev–Trinajstić information content (AvgIpc) is 3.05. The molecule has 0 saturated carbocycles. The van der Waals surface area contributed by atoms with E-state index < -0.39 is 17.3 Å². The number of benzene rings is 1. The summed E-state index contributed by atoms with van der Waals surface area (Å²) in [4.78, 5) is 1.95. The molecule has 0 radical (unpaired) electrons. The number of thiophene rings is 1. The van der Waals surface area contributed by atoms with Gasteiger partial charge in [-0.05, 0) is 50.1 Å². The molecule has 2 rings (SSSR count). The van der Waals surface area contributed by atoms with Gasteiger partial charge in [0.15, 0.2) is 0 Å². The van der Waals surface area contributed by atoms with E-state index in [2.05, 4.69) is 11.8 Å². The summed E-state index contributed by atoms with van der Waals surface area (Å²) in [6.45, 7) is 1.73. The summed E-state index contributed by atoms with van der Waals surface area (Å²) in [7, 11) is 0. The number of alkyl halides is 3. The lowest BCUT2D eigenvalue weighted by atomic mass is 9.98. The molecule has 7 heteroatoms. The zero-order valence-corrected chi connectivity index (χ0v) is 15.1. The first-order valence-corrected chi connectivity index (χ1v) is 8.79. The van der Waals surface area contributed by atoms with Crippen molar-refractivity contribution in [3.8, 4) is 17.6 Å². The molecule has 1 atom stereocenters. The van der Waals surface area contributed by atoms with Gasteiger partial charge in [0.2, 0.25) is 0 Å². The third kappa shape index (κ3) is 6.37. The average molecular weight is 383 g/mol. The van der Waals surface area contributed by atoms with Crippen LogP contribution in [-0.2, 0) is 12.6 Å². The lowest BCUT2D eigenvalue weighted by Crippen LogP contribution is -2.40. The molecule has 1 heterocycles. The Kier molecular flexibility index (Phi) is 6.70. The highest BCUT2D eigenvalue weighted by atomic mass is 32.1. The molecule has 0 aliphatic carbocycles. The van der Waals surface area contributed by atoms with Gasteiger partial charge in [0.05, 0.1) is 17.0 Å². The standard InChI is InChI=1S/C19H20F3NO2S/c1-18(23,13-24)10-9-17-8-7-16(26-17)6-3-11-25-15-5-2-4-14(12-15)19(20,21)22/h2,4-5,7-8,12,24H,9-11,13,23H2,1H3. The summed E-state index contributed by atoms with van der Waals surface area (Å²) >= 11 is 1.52. The van der Waals surface area contributed by atoms with E-state index in [-0.39, 0.29) is 19.0 Å². The number of aryl methyl sites for hydroxylation is 1. The quantitative estimate of drug-likeness (QED) is 0.746. The fourth-order valence-corrected chi connectivity index (χ4v) is 2.95. The van der Waals surface area contributed by atoms with Crippen molar-refractivity contribution in [2.75, 3.05) is 13.2 Å². The second-order valence-electron chi connectivity index (χ2n) is 6.19. The van der Waals surface area contributed by atoms with Crippen molar-refractivity contribution < 1.29 is 23.0 Å². The van der Waals surface area contributed by atoms with Gasteiger partial charge in [-0.3, -0.25) is 0 Å². The van der Waals surface area contributed by atoms with Crippen LogP contribution >= 0.6 is 11.3 Å². The molecule has 1 aromatic carbocycles. The zero-order chi connectivity index (χ0) is 19.2. The Morgan fingerprint density at radius 1 is 1.23 bits per heavy atom. The SMILES string of the molecule is CC(N)(CO)CCc1ccc(C#CCOc2cccc(C(F)(F)F)c2)s1. The topological polar surface area (TPSA) is 55.5 Å². The zero-order valence-electron chi connectivity index (χ0n) is 14.3. The fourth-order valence-electron chi connectivity index (χ4n) is 2.07. The number of aliphatic hydroxyl groups is 1. The summed E-state index contributed by atoms with van der Waals surface area (Å²) < 4.78 is 43.2. The Labute approximate surface area is 154 Å². The van der Waals surface area contributed by atoms with Gasteiger partial charge in [-0.1, -0.05) is 17.9 Å². The van der Waals surface area contributed by atoms with Crippen LogP contribution in [0.15, 0.2) is 36.4 Å². The molecule has 0 aliphatic rings. The van der Waals surface area contributed by atoms with E-state index in [4.69, 9.17) is 15.6 Å². The van der Waals surface area contributed by atoms with Gasteiger partial charge in [0.1, 0.15) is 12.4 Å². The van der Waals surface area contributed by atoms with E-state index in [1.807, 2.05) is 12.1 Å². The number of aliphatic hydroxyl groups excluding tert-OH is 1. The van der Waals surface area contributed by atoms with Crippen LogP contribution in [0.1, 0.15) is 28.7 Å². The summed E-state index contributed by atoms with van der Waals surface area (Å²) in [5.74, 6) is 5.86. The van der Waals surface area contributed by atoms with Crippen LogP contribution in [0.4, 0.5) is 13.2 Å². The monoisotopic (exact) mass is 383 g/mol. The fraction of sp³-hybridized carbons (Fsp3) is 0.368. The number of nitrogens with two attached hydrogens (primary N) is 1. The minimum Gasteiger partial charge on any atom is -0.481 e. The number of rotatable bonds is 6. The number of hydrogen-bond donors (Lipinski definition) is 2. The molecule has 0 bridgehead atoms. The normalized spacial score (nSPS) is 13.6. The van der Waals surface area contributed by atoms with Gasteiger partial charge < -0.3 is 15.6 Å². The predicted octanol–water partition coefficient (Wildman–Crippen LogP) is 3.84. The minimum absolute atomic E-state index is 0.0000721. The first-order valence-electron chi connectivity index (χ1n) is 7.97. The molecule has 0 aliphatic heterocycles. The van der Waals surface area contributed by atoms with Crippen molar-refractivity contribution in [2.45, 2.75) is 31.5 Å². The lowest BCUT2D eigenvalue weighted by Gasteiger charge is -2.20. The highest BCUT2D eigenvalue weighted by Crippen LogP contribution is 2.31. The van der Waals surface area contributed by atoms with Gasteiger partial charge in [0, 0.05) is 10.4 Å². The Morgan fingerprint density at radius 3 is 2.69 bits per heavy atom. The Bertz CT molecular complexity index is 788. The van der Waals surface area contributed by atoms with Crippen LogP contribution in [-0.4, -0.2) is 23.9 Å². The van der Waals surface area contributed by atoms with Crippen LogP contribution in [0.2, 0.25) is 0 Å². The molecule has 26 heavy (non-hydrogen) atoms. The third-order valence-electron chi connectivity index (χ3n) is 3.65. The van der Waals surface area contributed by atoms with Crippen molar-refractivity contribution in [3.05, 3.63) is 51.7 Å². The Balaban J connectivity index is 1.87. The molecule has 140 valence electrons. The summed E-state index contributed by atoms with van der Waals surface area (Å²) in [6.07, 6.45) is -2.98. The van der Waals surface area contributed by atoms with Crippen molar-refractivity contribution >= 4 is 11.3 Å². The van der Waals surface area contributed by atoms with E-state index in [0.29, 0.717) is 6.42 Å². The number of hydrogen-bond acceptors (Lipinski definition) is 4. The van der Waals surface area contributed by atoms with Crippen LogP contribution in [0, 0.1) is 11.8 Å². The van der Waals surface area contributed by atoms with Crippen LogP contribution < -0.4 is 10.5 Å². The molecular formula is C19H20F3NO2S. The molecule has 3 nitrogen and oxygen atoms in total. The van der Waals surface area contributed by atoms with Crippen LogP contribution in [0.3, 0.4) is 0 Å². The van der Waals surface area contributed by atoms with E-state index >= 15 is 0 Å². The number of halogens is 3. The summed E-state index contributed by atoms with van der Waals surface area (Å²) in [6, 6.07) is 8.55. The van der Waals surface area contributed by atoms with E-state index in [1.54, 1.807) is 6.92 Å². The molecule has 1 unspecified atom stereocenters. The van der Waals surface area contributed by atoms with Gasteiger partial charge in [-0.15, -0.1) is 11.3 Å². The largest absolute Gasteiger partial charge is 0.481 e. The first-order chi connectivity index (χ1) is 12.2. The molecule has 0 amide bonds.